The Morgan fingerprint density at radius 1 is 1.38 bits per heavy atom. The fourth-order valence-corrected chi connectivity index (χ4v) is 4.26. The molecule has 2 atom stereocenters. The summed E-state index contributed by atoms with van der Waals surface area (Å²) in [5.74, 6) is 1.91. The molecule has 0 spiro atoms. The van der Waals surface area contributed by atoms with Crippen LogP contribution in [-0.2, 0) is 6.54 Å². The van der Waals surface area contributed by atoms with E-state index >= 15 is 0 Å². The molecule has 2 rings (SSSR count). The summed E-state index contributed by atoms with van der Waals surface area (Å²) in [6.45, 7) is 12.3. The van der Waals surface area contributed by atoms with Crippen LogP contribution in [0.5, 0.6) is 0 Å². The van der Waals surface area contributed by atoms with Gasteiger partial charge < -0.3 is 10.2 Å². The molecule has 1 aromatic carbocycles. The lowest BCUT2D eigenvalue weighted by molar-refractivity contribution is 0.551. The third-order valence-corrected chi connectivity index (χ3v) is 6.20. The zero-order valence-corrected chi connectivity index (χ0v) is 15.9. The Balaban J connectivity index is 2.04. The molecule has 118 valence electrons. The van der Waals surface area contributed by atoms with E-state index in [1.54, 1.807) is 0 Å². The van der Waals surface area contributed by atoms with Crippen molar-refractivity contribution in [3.63, 3.8) is 0 Å². The highest BCUT2D eigenvalue weighted by Crippen LogP contribution is 2.31. The van der Waals surface area contributed by atoms with E-state index in [-0.39, 0.29) is 0 Å². The Morgan fingerprint density at radius 3 is 2.81 bits per heavy atom. The second kappa shape index (κ2) is 7.89. The molecule has 1 aliphatic heterocycles. The predicted molar refractivity (Wildman–Crippen MR) is 99.4 cm³/mol. The van der Waals surface area contributed by atoms with E-state index in [1.807, 2.05) is 0 Å². The van der Waals surface area contributed by atoms with Crippen LogP contribution in [0.4, 0.5) is 5.69 Å². The van der Waals surface area contributed by atoms with Gasteiger partial charge in [0.25, 0.3) is 0 Å². The lowest BCUT2D eigenvalue weighted by Crippen LogP contribution is -2.44. The van der Waals surface area contributed by atoms with Gasteiger partial charge in [-0.1, -0.05) is 42.8 Å². The van der Waals surface area contributed by atoms with Crippen molar-refractivity contribution in [3.8, 4) is 0 Å². The third kappa shape index (κ3) is 4.64. The molecule has 2 nitrogen and oxygen atoms in total. The van der Waals surface area contributed by atoms with Crippen LogP contribution in [0.15, 0.2) is 22.7 Å². The van der Waals surface area contributed by atoms with Crippen molar-refractivity contribution >= 4 is 33.4 Å². The summed E-state index contributed by atoms with van der Waals surface area (Å²) in [6.07, 6.45) is 0. The van der Waals surface area contributed by atoms with E-state index in [0.29, 0.717) is 17.2 Å². The molecule has 2 unspecified atom stereocenters. The zero-order valence-electron chi connectivity index (χ0n) is 13.5. The van der Waals surface area contributed by atoms with E-state index in [1.165, 1.54) is 21.5 Å². The Hall–Kier alpha value is -0.190. The van der Waals surface area contributed by atoms with Crippen molar-refractivity contribution in [1.82, 2.24) is 5.32 Å². The Bertz CT molecular complexity index is 464. The smallest absolute Gasteiger partial charge is 0.0380 e. The van der Waals surface area contributed by atoms with Crippen LogP contribution in [0.2, 0.25) is 0 Å². The van der Waals surface area contributed by atoms with Gasteiger partial charge in [-0.05, 0) is 37.1 Å². The van der Waals surface area contributed by atoms with Crippen molar-refractivity contribution in [2.75, 3.05) is 23.7 Å². The number of halogens is 1. The van der Waals surface area contributed by atoms with E-state index in [0.717, 1.165) is 19.6 Å². The Morgan fingerprint density at radius 2 is 2.14 bits per heavy atom. The quantitative estimate of drug-likeness (QED) is 0.819. The molecule has 1 fully saturated rings. The van der Waals surface area contributed by atoms with Crippen LogP contribution in [-0.4, -0.2) is 30.1 Å². The van der Waals surface area contributed by atoms with Crippen molar-refractivity contribution in [2.24, 2.45) is 5.92 Å². The fraction of sp³-hybridized carbons (Fsp3) is 0.647. The minimum absolute atomic E-state index is 0.598. The average Bonchev–Trinajstić information content (AvgIpc) is 2.43. The van der Waals surface area contributed by atoms with Crippen LogP contribution >= 0.6 is 27.7 Å². The van der Waals surface area contributed by atoms with Gasteiger partial charge in [0.2, 0.25) is 0 Å². The van der Waals surface area contributed by atoms with E-state index < -0.39 is 0 Å². The first-order chi connectivity index (χ1) is 9.99. The lowest BCUT2D eigenvalue weighted by atomic mass is 10.1. The van der Waals surface area contributed by atoms with Gasteiger partial charge in [0, 0.05) is 40.3 Å². The fourth-order valence-electron chi connectivity index (χ4n) is 2.65. The van der Waals surface area contributed by atoms with Gasteiger partial charge >= 0.3 is 0 Å². The number of rotatable bonds is 5. The molecule has 0 radical (unpaired) electrons. The van der Waals surface area contributed by atoms with Crippen molar-refractivity contribution < 1.29 is 0 Å². The van der Waals surface area contributed by atoms with E-state index in [9.17, 15) is 0 Å². The van der Waals surface area contributed by atoms with Gasteiger partial charge in [-0.25, -0.2) is 0 Å². The second-order valence-corrected chi connectivity index (χ2v) is 8.65. The molecular weight excluding hydrogens is 344 g/mol. The molecule has 0 saturated carbocycles. The number of thioether (sulfide) groups is 1. The van der Waals surface area contributed by atoms with Gasteiger partial charge in [0.05, 0.1) is 0 Å². The standard InChI is InChI=1S/C17H27BrN2S/c1-12(2)10-19-11-15-5-6-16(9-17(15)18)20-7-8-21-14(4)13(20)3/h5-6,9,12-14,19H,7-8,10-11H2,1-4H3. The number of nitrogens with zero attached hydrogens (tertiary/aromatic N) is 1. The minimum Gasteiger partial charge on any atom is -0.367 e. The van der Waals surface area contributed by atoms with E-state index in [4.69, 9.17) is 0 Å². The van der Waals surface area contributed by atoms with Gasteiger partial charge in [-0.3, -0.25) is 0 Å². The summed E-state index contributed by atoms with van der Waals surface area (Å²) in [7, 11) is 0. The summed E-state index contributed by atoms with van der Waals surface area (Å²) in [6, 6.07) is 7.41. The van der Waals surface area contributed by atoms with Gasteiger partial charge in [0.1, 0.15) is 0 Å². The summed E-state index contributed by atoms with van der Waals surface area (Å²) >= 11 is 5.83. The van der Waals surface area contributed by atoms with Crippen LogP contribution in [0, 0.1) is 5.92 Å². The number of hydrogen-bond donors (Lipinski definition) is 1. The molecule has 0 amide bonds. The maximum absolute atomic E-state index is 3.74. The molecule has 1 saturated heterocycles. The first-order valence-electron chi connectivity index (χ1n) is 7.86. The van der Waals surface area contributed by atoms with Crippen molar-refractivity contribution in [3.05, 3.63) is 28.2 Å². The van der Waals surface area contributed by atoms with Crippen LogP contribution in [0.1, 0.15) is 33.3 Å². The van der Waals surface area contributed by atoms with Crippen LogP contribution < -0.4 is 10.2 Å². The first-order valence-corrected chi connectivity index (χ1v) is 9.70. The average molecular weight is 371 g/mol. The number of hydrogen-bond acceptors (Lipinski definition) is 3. The maximum atomic E-state index is 3.74. The van der Waals surface area contributed by atoms with Crippen LogP contribution in [0.25, 0.3) is 0 Å². The van der Waals surface area contributed by atoms with Gasteiger partial charge in [-0.15, -0.1) is 0 Å². The molecule has 0 aliphatic carbocycles. The Labute approximate surface area is 142 Å². The normalized spacial score (nSPS) is 22.9. The highest BCUT2D eigenvalue weighted by molar-refractivity contribution is 9.10. The highest BCUT2D eigenvalue weighted by Gasteiger charge is 2.25. The summed E-state index contributed by atoms with van der Waals surface area (Å²) in [4.78, 5) is 2.54. The van der Waals surface area contributed by atoms with Crippen molar-refractivity contribution in [1.29, 1.82) is 0 Å². The minimum atomic E-state index is 0.598. The first kappa shape index (κ1) is 17.2. The lowest BCUT2D eigenvalue weighted by Gasteiger charge is -2.39. The summed E-state index contributed by atoms with van der Waals surface area (Å²) in [5, 5.41) is 4.21. The second-order valence-electron chi connectivity index (χ2n) is 6.31. The topological polar surface area (TPSA) is 15.3 Å². The van der Waals surface area contributed by atoms with Gasteiger partial charge in [-0.2, -0.15) is 11.8 Å². The molecule has 4 heteroatoms. The number of benzene rings is 1. The van der Waals surface area contributed by atoms with Crippen molar-refractivity contribution in [2.45, 2.75) is 45.5 Å². The largest absolute Gasteiger partial charge is 0.367 e. The molecule has 1 N–H and O–H groups in total. The summed E-state index contributed by atoms with van der Waals surface area (Å²) < 4.78 is 1.22. The Kier molecular flexibility index (Phi) is 6.45. The zero-order chi connectivity index (χ0) is 15.4. The van der Waals surface area contributed by atoms with Gasteiger partial charge in [0.15, 0.2) is 0 Å². The number of nitrogens with one attached hydrogen (secondary N) is 1. The maximum Gasteiger partial charge on any atom is 0.0380 e. The third-order valence-electron chi connectivity index (χ3n) is 4.12. The molecule has 1 heterocycles. The summed E-state index contributed by atoms with van der Waals surface area (Å²) in [5.41, 5.74) is 2.68. The monoisotopic (exact) mass is 370 g/mol. The predicted octanol–water partition coefficient (Wildman–Crippen LogP) is 4.52. The van der Waals surface area contributed by atoms with E-state index in [2.05, 4.69) is 83.8 Å². The molecular formula is C17H27BrN2S. The molecule has 1 aliphatic rings. The molecule has 21 heavy (non-hydrogen) atoms. The van der Waals surface area contributed by atoms with Crippen LogP contribution in [0.3, 0.4) is 0 Å². The molecule has 0 bridgehead atoms. The molecule has 1 aromatic rings. The highest BCUT2D eigenvalue weighted by atomic mass is 79.9. The SMILES string of the molecule is CC(C)CNCc1ccc(N2CCSC(C)C2C)cc1Br. The molecule has 0 aromatic heterocycles. The number of anilines is 1.